The number of benzene rings is 1. The second kappa shape index (κ2) is 5.51. The smallest absolute Gasteiger partial charge is 0.306 e. The maximum absolute atomic E-state index is 11.1. The Balaban J connectivity index is 2.21. The summed E-state index contributed by atoms with van der Waals surface area (Å²) in [7, 11) is -3.46. The fourth-order valence-electron chi connectivity index (χ4n) is 2.88. The molecule has 106 valence electrons. The van der Waals surface area contributed by atoms with Crippen molar-refractivity contribution in [3.05, 3.63) is 29.8 Å². The Labute approximate surface area is 115 Å². The first-order chi connectivity index (χ1) is 8.95. The van der Waals surface area contributed by atoms with Crippen molar-refractivity contribution in [2.75, 3.05) is 12.8 Å². The zero-order valence-corrected chi connectivity index (χ0v) is 12.1. The largest absolute Gasteiger partial charge is 0.383 e. The molecule has 0 heterocycles. The molecule has 0 bridgehead atoms. The summed E-state index contributed by atoms with van der Waals surface area (Å²) < 4.78 is 27.0. The molecule has 1 aromatic carbocycles. The van der Waals surface area contributed by atoms with Gasteiger partial charge in [-0.15, -0.1) is 0 Å². The van der Waals surface area contributed by atoms with Crippen molar-refractivity contribution >= 4 is 10.1 Å². The molecule has 4 nitrogen and oxygen atoms in total. The van der Waals surface area contributed by atoms with Gasteiger partial charge in [0.15, 0.2) is 0 Å². The van der Waals surface area contributed by atoms with E-state index in [-0.39, 0.29) is 5.41 Å². The van der Waals surface area contributed by atoms with Crippen LogP contribution in [0.1, 0.15) is 37.7 Å². The van der Waals surface area contributed by atoms with Crippen LogP contribution in [-0.4, -0.2) is 21.2 Å². The van der Waals surface area contributed by atoms with Gasteiger partial charge in [0.1, 0.15) is 5.75 Å². The van der Waals surface area contributed by atoms with E-state index in [2.05, 4.69) is 0 Å². The van der Waals surface area contributed by atoms with Crippen LogP contribution in [0.2, 0.25) is 0 Å². The lowest BCUT2D eigenvalue weighted by molar-refractivity contribution is 0.300. The van der Waals surface area contributed by atoms with Gasteiger partial charge in [0, 0.05) is 12.0 Å². The Bertz CT molecular complexity index is 516. The van der Waals surface area contributed by atoms with E-state index in [0.29, 0.717) is 12.3 Å². The van der Waals surface area contributed by atoms with Crippen molar-refractivity contribution in [2.45, 2.75) is 37.5 Å². The normalized spacial score (nSPS) is 19.1. The molecule has 1 fully saturated rings. The summed E-state index contributed by atoms with van der Waals surface area (Å²) >= 11 is 0. The zero-order valence-electron chi connectivity index (χ0n) is 11.3. The Morgan fingerprint density at radius 3 is 2.21 bits per heavy atom. The SMILES string of the molecule is CS(=O)(=O)Oc1ccc(C2(CN)CCCCC2)cc1. The third kappa shape index (κ3) is 3.48. The minimum absolute atomic E-state index is 0.0574. The van der Waals surface area contributed by atoms with Crippen molar-refractivity contribution in [3.8, 4) is 5.75 Å². The van der Waals surface area contributed by atoms with Crippen LogP contribution in [0.25, 0.3) is 0 Å². The van der Waals surface area contributed by atoms with E-state index in [1.54, 1.807) is 12.1 Å². The maximum Gasteiger partial charge on any atom is 0.306 e. The second-order valence-corrected chi connectivity index (χ2v) is 6.93. The first-order valence-corrected chi connectivity index (χ1v) is 8.47. The number of hydrogen-bond donors (Lipinski definition) is 1. The molecule has 1 saturated carbocycles. The van der Waals surface area contributed by atoms with Gasteiger partial charge in [-0.2, -0.15) is 8.42 Å². The predicted octanol–water partition coefficient (Wildman–Crippen LogP) is 2.19. The van der Waals surface area contributed by atoms with Crippen molar-refractivity contribution in [1.82, 2.24) is 0 Å². The molecule has 0 aromatic heterocycles. The van der Waals surface area contributed by atoms with Crippen LogP contribution in [0.5, 0.6) is 5.75 Å². The quantitative estimate of drug-likeness (QED) is 0.860. The number of nitrogens with two attached hydrogens (primary N) is 1. The fourth-order valence-corrected chi connectivity index (χ4v) is 3.34. The molecular formula is C14H21NO3S. The van der Waals surface area contributed by atoms with Gasteiger partial charge in [0.25, 0.3) is 0 Å². The summed E-state index contributed by atoms with van der Waals surface area (Å²) in [6, 6.07) is 7.31. The Morgan fingerprint density at radius 2 is 1.74 bits per heavy atom. The molecule has 2 rings (SSSR count). The highest BCUT2D eigenvalue weighted by atomic mass is 32.2. The highest BCUT2D eigenvalue weighted by Gasteiger charge is 2.32. The van der Waals surface area contributed by atoms with Crippen LogP contribution >= 0.6 is 0 Å². The molecule has 19 heavy (non-hydrogen) atoms. The van der Waals surface area contributed by atoms with E-state index < -0.39 is 10.1 Å². The van der Waals surface area contributed by atoms with Gasteiger partial charge in [-0.25, -0.2) is 0 Å². The van der Waals surface area contributed by atoms with Gasteiger partial charge in [-0.05, 0) is 30.5 Å². The van der Waals surface area contributed by atoms with Crippen LogP contribution in [-0.2, 0) is 15.5 Å². The average Bonchev–Trinajstić information content (AvgIpc) is 2.38. The monoisotopic (exact) mass is 283 g/mol. The lowest BCUT2D eigenvalue weighted by Crippen LogP contribution is -2.37. The summed E-state index contributed by atoms with van der Waals surface area (Å²) in [5, 5.41) is 0. The van der Waals surface area contributed by atoms with Crippen molar-refractivity contribution in [2.24, 2.45) is 5.73 Å². The van der Waals surface area contributed by atoms with Gasteiger partial charge in [0.05, 0.1) is 6.26 Å². The summed E-state index contributed by atoms with van der Waals surface area (Å²) in [5.41, 5.74) is 7.23. The molecule has 1 aliphatic rings. The van der Waals surface area contributed by atoms with Crippen LogP contribution in [0, 0.1) is 0 Å². The van der Waals surface area contributed by atoms with Crippen molar-refractivity contribution in [1.29, 1.82) is 0 Å². The highest BCUT2D eigenvalue weighted by Crippen LogP contribution is 2.39. The number of rotatable bonds is 4. The summed E-state index contributed by atoms with van der Waals surface area (Å²) in [6.45, 7) is 0.638. The minimum Gasteiger partial charge on any atom is -0.383 e. The van der Waals surface area contributed by atoms with E-state index >= 15 is 0 Å². The molecule has 0 amide bonds. The topological polar surface area (TPSA) is 69.4 Å². The second-order valence-electron chi connectivity index (χ2n) is 5.36. The minimum atomic E-state index is -3.46. The molecule has 1 aromatic rings. The first-order valence-electron chi connectivity index (χ1n) is 6.65. The molecule has 1 aliphatic carbocycles. The molecule has 2 N–H and O–H groups in total. The van der Waals surface area contributed by atoms with E-state index in [1.807, 2.05) is 12.1 Å². The Kier molecular flexibility index (Phi) is 4.16. The predicted molar refractivity (Wildman–Crippen MR) is 75.7 cm³/mol. The Morgan fingerprint density at radius 1 is 1.16 bits per heavy atom. The van der Waals surface area contributed by atoms with Gasteiger partial charge >= 0.3 is 10.1 Å². The zero-order chi connectivity index (χ0) is 13.9. The summed E-state index contributed by atoms with van der Waals surface area (Å²) in [6.07, 6.45) is 6.95. The van der Waals surface area contributed by atoms with Crippen LogP contribution in [0.4, 0.5) is 0 Å². The van der Waals surface area contributed by atoms with Crippen LogP contribution in [0.3, 0.4) is 0 Å². The molecule has 0 atom stereocenters. The number of hydrogen-bond acceptors (Lipinski definition) is 4. The van der Waals surface area contributed by atoms with Crippen LogP contribution in [0.15, 0.2) is 24.3 Å². The fraction of sp³-hybridized carbons (Fsp3) is 0.571. The van der Waals surface area contributed by atoms with E-state index in [4.69, 9.17) is 9.92 Å². The average molecular weight is 283 g/mol. The molecular weight excluding hydrogens is 262 g/mol. The van der Waals surface area contributed by atoms with E-state index in [1.165, 1.54) is 24.8 Å². The van der Waals surface area contributed by atoms with Crippen LogP contribution < -0.4 is 9.92 Å². The highest BCUT2D eigenvalue weighted by molar-refractivity contribution is 7.86. The Hall–Kier alpha value is -1.07. The first kappa shape index (κ1) is 14.3. The van der Waals surface area contributed by atoms with Crippen molar-refractivity contribution < 1.29 is 12.6 Å². The van der Waals surface area contributed by atoms with E-state index in [9.17, 15) is 8.42 Å². The third-order valence-corrected chi connectivity index (χ3v) is 4.41. The van der Waals surface area contributed by atoms with Gasteiger partial charge in [0.2, 0.25) is 0 Å². The molecule has 5 heteroatoms. The summed E-state index contributed by atoms with van der Waals surface area (Å²) in [5.74, 6) is 0.356. The lowest BCUT2D eigenvalue weighted by atomic mass is 9.69. The van der Waals surface area contributed by atoms with Gasteiger partial charge in [-0.1, -0.05) is 31.4 Å². The van der Waals surface area contributed by atoms with Gasteiger partial charge < -0.3 is 9.92 Å². The standard InChI is InChI=1S/C14H21NO3S/c1-19(16,17)18-13-7-5-12(6-8-13)14(11-15)9-3-2-4-10-14/h5-8H,2-4,9-11,15H2,1H3. The molecule has 0 saturated heterocycles. The lowest BCUT2D eigenvalue weighted by Gasteiger charge is -2.36. The maximum atomic E-state index is 11.1. The summed E-state index contributed by atoms with van der Waals surface area (Å²) in [4.78, 5) is 0. The van der Waals surface area contributed by atoms with Crippen molar-refractivity contribution in [3.63, 3.8) is 0 Å². The third-order valence-electron chi connectivity index (χ3n) is 3.92. The molecule has 0 unspecified atom stereocenters. The molecule has 0 radical (unpaired) electrons. The van der Waals surface area contributed by atoms with Gasteiger partial charge in [-0.3, -0.25) is 0 Å². The molecule has 0 spiro atoms. The molecule has 0 aliphatic heterocycles. The van der Waals surface area contributed by atoms with E-state index in [0.717, 1.165) is 19.1 Å².